The second kappa shape index (κ2) is 28.9. The average Bonchev–Trinajstić information content (AvgIpc) is 1.14. The average molecular weight is 1330 g/mol. The lowest BCUT2D eigenvalue weighted by atomic mass is 9.45. The first-order valence-corrected chi connectivity index (χ1v) is 31.5. The number of fused-ring (bicyclic) bond motifs is 4. The number of amides is 2. The second-order valence-electron chi connectivity index (χ2n) is 26.2. The van der Waals surface area contributed by atoms with E-state index in [0.717, 1.165) is 27.7 Å². The van der Waals surface area contributed by atoms with Crippen molar-refractivity contribution < 1.29 is 78.7 Å². The zero-order valence-electron chi connectivity index (χ0n) is 51.9. The van der Waals surface area contributed by atoms with Crippen LogP contribution in [0.1, 0.15) is 129 Å². The maximum Gasteiger partial charge on any atom is 0.488 e. The minimum atomic E-state index is -1.62. The van der Waals surface area contributed by atoms with Gasteiger partial charge in [0.25, 0.3) is 0 Å². The highest BCUT2D eigenvalue weighted by Crippen LogP contribution is 2.62. The number of methoxy groups -OCH3 is 2. The Kier molecular flexibility index (Phi) is 22.6. The summed E-state index contributed by atoms with van der Waals surface area (Å²) in [7, 11) is 1.54. The van der Waals surface area contributed by atoms with E-state index in [9.17, 15) is 44.4 Å². The van der Waals surface area contributed by atoms with Crippen LogP contribution in [0.2, 0.25) is 0 Å². The van der Waals surface area contributed by atoms with E-state index in [1.807, 2.05) is 36.4 Å². The van der Waals surface area contributed by atoms with Gasteiger partial charge < -0.3 is 55.7 Å². The molecule has 9 N–H and O–H groups in total. The number of ether oxygens (including phenoxy) is 2. The molecule has 4 aromatic rings. The molecule has 6 saturated carbocycles. The lowest BCUT2D eigenvalue weighted by Crippen LogP contribution is -2.62. The first-order valence-electron chi connectivity index (χ1n) is 30.4. The molecule has 2 aliphatic heterocycles. The van der Waals surface area contributed by atoms with Crippen LogP contribution in [0, 0.1) is 61.7 Å². The van der Waals surface area contributed by atoms with Gasteiger partial charge in [-0.2, -0.15) is 10.1 Å². The number of hydrogen-bond donors (Lipinski definition) is 9. The number of para-hydroxylation sites is 2. The lowest BCUT2D eigenvalue weighted by Gasteiger charge is -2.62. The summed E-state index contributed by atoms with van der Waals surface area (Å²) in [6.07, 6.45) is 3.20. The van der Waals surface area contributed by atoms with E-state index in [0.29, 0.717) is 111 Å². The molecule has 2 amide bonds. The van der Waals surface area contributed by atoms with Gasteiger partial charge in [-0.3, -0.25) is 33.6 Å². The molecular weight excluding hydrogens is 1240 g/mol. The number of aliphatic hydroxyl groups is 5. The quantitative estimate of drug-likeness (QED) is 0.0309. The van der Waals surface area contributed by atoms with Gasteiger partial charge in [0.15, 0.2) is 0 Å². The minimum Gasteiger partial charge on any atom is -0.496 e. The normalized spacial score (nSPS) is 29.7. The molecule has 8 aliphatic rings. The number of nitrogens with one attached hydrogen (secondary N) is 2. The van der Waals surface area contributed by atoms with Crippen LogP contribution in [0.25, 0.3) is 11.1 Å². The van der Waals surface area contributed by atoms with E-state index in [4.69, 9.17) is 34.3 Å². The molecule has 2 heterocycles. The molecule has 0 aromatic heterocycles. The molecule has 4 bridgehead atoms. The van der Waals surface area contributed by atoms with E-state index in [2.05, 4.69) is 74.8 Å². The van der Waals surface area contributed by atoms with Gasteiger partial charge in [0.05, 0.1) is 62.9 Å². The topological polar surface area (TPSA) is 294 Å². The maximum absolute atomic E-state index is 14.0. The van der Waals surface area contributed by atoms with Crippen molar-refractivity contribution >= 4 is 65.8 Å². The van der Waals surface area contributed by atoms with Crippen LogP contribution in [0.3, 0.4) is 0 Å². The van der Waals surface area contributed by atoms with Crippen LogP contribution in [0.15, 0.2) is 72.8 Å². The fourth-order valence-electron chi connectivity index (χ4n) is 15.4. The van der Waals surface area contributed by atoms with Crippen LogP contribution >= 0.6 is 22.6 Å². The third-order valence-electron chi connectivity index (χ3n) is 20.5. The van der Waals surface area contributed by atoms with Gasteiger partial charge in [-0.05, 0) is 155 Å². The molecule has 4 aromatic carbocycles. The monoisotopic (exact) mass is 1330 g/mol. The van der Waals surface area contributed by atoms with Gasteiger partial charge in [-0.25, -0.2) is 0 Å². The van der Waals surface area contributed by atoms with Gasteiger partial charge in [-0.15, -0.1) is 0 Å². The number of carbonyl (C=O) groups is 5. The Morgan fingerprint density at radius 2 is 1.11 bits per heavy atom. The van der Waals surface area contributed by atoms with Crippen molar-refractivity contribution in [1.82, 2.24) is 20.8 Å². The van der Waals surface area contributed by atoms with Crippen LogP contribution < -0.4 is 25.6 Å². The van der Waals surface area contributed by atoms with E-state index >= 15 is 0 Å². The highest BCUT2D eigenvalue weighted by molar-refractivity contribution is 14.1. The van der Waals surface area contributed by atoms with Gasteiger partial charge in [0, 0.05) is 57.3 Å². The van der Waals surface area contributed by atoms with Crippen molar-refractivity contribution in [2.45, 2.75) is 149 Å². The Hall–Kier alpha value is -5.22. The number of benzene rings is 4. The number of hydroxylamine groups is 4. The molecule has 2 saturated heterocycles. The van der Waals surface area contributed by atoms with Gasteiger partial charge in [0.2, 0.25) is 11.8 Å². The van der Waals surface area contributed by atoms with Crippen LogP contribution in [-0.4, -0.2) is 160 Å². The van der Waals surface area contributed by atoms with Crippen LogP contribution in [0.4, 0.5) is 0 Å². The molecular formula is C66H88BIN4O16. The van der Waals surface area contributed by atoms with Crippen molar-refractivity contribution in [3.8, 4) is 22.6 Å². The Bertz CT molecular complexity index is 3100. The van der Waals surface area contributed by atoms with Crippen molar-refractivity contribution in [1.29, 1.82) is 0 Å². The largest absolute Gasteiger partial charge is 0.496 e. The number of halogens is 1. The van der Waals surface area contributed by atoms with Crippen molar-refractivity contribution in [2.24, 2.45) is 58.2 Å². The zero-order valence-corrected chi connectivity index (χ0v) is 54.1. The highest BCUT2D eigenvalue weighted by Gasteiger charge is 2.59. The second-order valence-corrected chi connectivity index (χ2v) is 27.3. The van der Waals surface area contributed by atoms with Crippen molar-refractivity contribution in [2.75, 3.05) is 27.4 Å². The zero-order chi connectivity index (χ0) is 64.3. The standard InChI is InChI=1S/C33H42N2O7.C25H37IN2O5.C8H9BO4/c1-18-26-12-24(33(26,3)4)13-27(18)34-32(40)30-29(19(2)39)28(17-38)42-35(30)14-22-7-6-8-25(31(22)41-5)23-10-20(15-36)9-21(11-23)16-37;1-13-17-9-16(25(17,3)4)10-19(13)27-24(31)22-21(14(2)30)20(12-29)33-28(22)11-15-7-6-8-18(26)23(15)32-5;10-4-6-1-7(5-11)3-8(2-6)9(12)13/h6-11,15-16,18-19,24,26-30,38-39H,12-14,17H2,1-5H3,(H,34,40);6-8,13-14,16-17,19-22,29-30H,9-12H2,1-5H3,(H,27,31);1-4,11-13H,5H2/t18-,19-,24+,26-,27-,28-,29+,30-;13-,14-,16+,17-,19-,20-,21+,22-;/m00./s1. The lowest BCUT2D eigenvalue weighted by molar-refractivity contribution is -0.183. The Balaban J connectivity index is 0.000000193. The van der Waals surface area contributed by atoms with Crippen LogP contribution in [-0.2, 0) is 39.0 Å². The van der Waals surface area contributed by atoms with Gasteiger partial charge >= 0.3 is 7.12 Å². The highest BCUT2D eigenvalue weighted by atomic mass is 127. The molecule has 88 heavy (non-hydrogen) atoms. The third-order valence-corrected chi connectivity index (χ3v) is 21.4. The molecule has 20 nitrogen and oxygen atoms in total. The minimum absolute atomic E-state index is 0.0360. The van der Waals surface area contributed by atoms with E-state index in [1.165, 1.54) is 44.2 Å². The Labute approximate surface area is 529 Å². The summed E-state index contributed by atoms with van der Waals surface area (Å²) in [6.45, 7) is 16.7. The molecule has 16 atom stereocenters. The van der Waals surface area contributed by atoms with E-state index in [1.54, 1.807) is 43.2 Å². The molecule has 0 unspecified atom stereocenters. The molecule has 0 spiro atoms. The molecule has 22 heteroatoms. The number of rotatable bonds is 20. The number of aldehydes is 3. The predicted octanol–water partition coefficient (Wildman–Crippen LogP) is 5.28. The molecule has 478 valence electrons. The SMILES string of the molecule is COc1c(CN2O[C@@H](CO)[C@@H]([C@H](C)O)[C@H]2C(=O)N[C@H]2C[C@H]3C[C@@H]([C@@H]2C)C3(C)C)cccc1-c1cc(C=O)cc(C=O)c1.COc1c(I)cccc1CN1O[C@@H](CO)[C@@H]([C@H](C)O)[C@H]1C(=O)N[C@H]1C[C@H]2C[C@@H]([C@@H]1C)C2(C)C.O=Cc1cc(CO)cc(B(O)O)c1. The Morgan fingerprint density at radius 3 is 1.50 bits per heavy atom. The van der Waals surface area contributed by atoms with Crippen LogP contribution in [0.5, 0.6) is 11.5 Å². The first-order chi connectivity index (χ1) is 41.8. The summed E-state index contributed by atoms with van der Waals surface area (Å²) in [5.41, 5.74) is 5.26. The van der Waals surface area contributed by atoms with Gasteiger partial charge in [0.1, 0.15) is 54.6 Å². The number of carbonyl (C=O) groups excluding carboxylic acids is 5. The predicted molar refractivity (Wildman–Crippen MR) is 338 cm³/mol. The summed E-state index contributed by atoms with van der Waals surface area (Å²) in [5.74, 6) is 2.81. The third kappa shape index (κ3) is 14.1. The number of nitrogens with zero attached hydrogens (tertiary/aromatic N) is 2. The summed E-state index contributed by atoms with van der Waals surface area (Å²) < 4.78 is 12.4. The fourth-order valence-corrected chi connectivity index (χ4v) is 16.2. The molecule has 8 fully saturated rings. The Morgan fingerprint density at radius 1 is 0.670 bits per heavy atom. The summed E-state index contributed by atoms with van der Waals surface area (Å²) >= 11 is 2.22. The van der Waals surface area contributed by atoms with Gasteiger partial charge in [-0.1, -0.05) is 84.0 Å². The summed E-state index contributed by atoms with van der Waals surface area (Å²) in [5, 5.41) is 77.6. The number of hydrogen-bond acceptors (Lipinski definition) is 18. The van der Waals surface area contributed by atoms with E-state index < -0.39 is 55.5 Å². The number of aliphatic hydroxyl groups excluding tert-OH is 5. The summed E-state index contributed by atoms with van der Waals surface area (Å²) in [4.78, 5) is 73.3. The summed E-state index contributed by atoms with van der Waals surface area (Å²) in [6, 6.07) is 19.1. The molecule has 0 radical (unpaired) electrons. The molecule has 6 aliphatic carbocycles. The maximum atomic E-state index is 14.0. The smallest absolute Gasteiger partial charge is 0.488 e. The molecule has 12 rings (SSSR count). The first kappa shape index (κ1) is 68.7. The van der Waals surface area contributed by atoms with E-state index in [-0.39, 0.29) is 61.1 Å². The van der Waals surface area contributed by atoms with Crippen molar-refractivity contribution in [3.05, 3.63) is 110 Å². The fraction of sp³-hybridized carbons (Fsp3) is 0.561. The van der Waals surface area contributed by atoms with Crippen molar-refractivity contribution in [3.63, 3.8) is 0 Å².